The Morgan fingerprint density at radius 2 is 2.38 bits per heavy atom. The maximum atomic E-state index is 11.6. The van der Waals surface area contributed by atoms with Crippen LogP contribution in [-0.4, -0.2) is 37.4 Å². The predicted octanol–water partition coefficient (Wildman–Crippen LogP) is 1.19. The molecule has 0 saturated carbocycles. The number of methoxy groups -OCH3 is 1. The second-order valence-corrected chi connectivity index (χ2v) is 4.25. The van der Waals surface area contributed by atoms with Crippen molar-refractivity contribution >= 4 is 21.8 Å². The lowest BCUT2D eigenvalue weighted by atomic mass is 10.2. The molecule has 0 aliphatic rings. The lowest BCUT2D eigenvalue weighted by Crippen LogP contribution is -2.34. The Bertz CT molecular complexity index is 357. The van der Waals surface area contributed by atoms with Crippen LogP contribution < -0.4 is 5.32 Å². The van der Waals surface area contributed by atoms with Crippen molar-refractivity contribution in [1.29, 1.82) is 0 Å². The van der Waals surface area contributed by atoms with Gasteiger partial charge in [-0.1, -0.05) is 22.0 Å². The molecule has 16 heavy (non-hydrogen) atoms. The largest absolute Gasteiger partial charge is 0.389 e. The van der Waals surface area contributed by atoms with Gasteiger partial charge in [-0.3, -0.25) is 4.79 Å². The summed E-state index contributed by atoms with van der Waals surface area (Å²) in [7, 11) is 1.50. The smallest absolute Gasteiger partial charge is 0.251 e. The van der Waals surface area contributed by atoms with Crippen LogP contribution in [0.25, 0.3) is 0 Å². The molecule has 0 saturated heterocycles. The molecule has 1 amide bonds. The lowest BCUT2D eigenvalue weighted by Gasteiger charge is -2.10. The molecule has 88 valence electrons. The third-order valence-electron chi connectivity index (χ3n) is 1.94. The standard InChI is InChI=1S/C11H14BrNO3/c1-16-7-10(14)6-13-11(15)8-3-2-4-9(12)5-8/h2-5,10,14H,6-7H2,1H3,(H,13,15). The number of carbonyl (C=O) groups is 1. The summed E-state index contributed by atoms with van der Waals surface area (Å²) in [6.07, 6.45) is -0.680. The van der Waals surface area contributed by atoms with Crippen molar-refractivity contribution in [3.8, 4) is 0 Å². The highest BCUT2D eigenvalue weighted by molar-refractivity contribution is 9.10. The van der Waals surface area contributed by atoms with Gasteiger partial charge in [0.05, 0.1) is 12.7 Å². The number of hydrogen-bond acceptors (Lipinski definition) is 3. The average molecular weight is 288 g/mol. The van der Waals surface area contributed by atoms with E-state index in [2.05, 4.69) is 21.2 Å². The first kappa shape index (κ1) is 13.2. The van der Waals surface area contributed by atoms with Crippen molar-refractivity contribution < 1.29 is 14.6 Å². The molecular weight excluding hydrogens is 274 g/mol. The molecule has 1 aromatic carbocycles. The second-order valence-electron chi connectivity index (χ2n) is 3.33. The number of rotatable bonds is 5. The molecule has 1 rings (SSSR count). The van der Waals surface area contributed by atoms with Crippen molar-refractivity contribution in [3.63, 3.8) is 0 Å². The minimum absolute atomic E-state index is 0.180. The van der Waals surface area contributed by atoms with Crippen molar-refractivity contribution in [2.75, 3.05) is 20.3 Å². The summed E-state index contributed by atoms with van der Waals surface area (Å²) in [6.45, 7) is 0.387. The van der Waals surface area contributed by atoms with Gasteiger partial charge in [-0.25, -0.2) is 0 Å². The molecule has 0 aromatic heterocycles. The zero-order valence-corrected chi connectivity index (χ0v) is 10.5. The zero-order valence-electron chi connectivity index (χ0n) is 8.94. The van der Waals surface area contributed by atoms with Crippen molar-refractivity contribution in [3.05, 3.63) is 34.3 Å². The summed E-state index contributed by atoms with van der Waals surface area (Å²) in [5, 5.41) is 12.0. The molecule has 0 radical (unpaired) electrons. The number of amides is 1. The Kier molecular flexibility index (Phi) is 5.45. The van der Waals surface area contributed by atoms with Gasteiger partial charge < -0.3 is 15.2 Å². The van der Waals surface area contributed by atoms with Gasteiger partial charge in [0.15, 0.2) is 0 Å². The van der Waals surface area contributed by atoms with Gasteiger partial charge in [0.25, 0.3) is 5.91 Å². The first-order valence-electron chi connectivity index (χ1n) is 4.84. The summed E-state index contributed by atoms with van der Waals surface area (Å²) in [5.41, 5.74) is 0.555. The summed E-state index contributed by atoms with van der Waals surface area (Å²) in [4.78, 5) is 11.6. The third kappa shape index (κ3) is 4.30. The Labute approximate surface area is 103 Å². The maximum absolute atomic E-state index is 11.6. The summed E-state index contributed by atoms with van der Waals surface area (Å²) in [6, 6.07) is 7.06. The van der Waals surface area contributed by atoms with Crippen LogP contribution in [0, 0.1) is 0 Å². The van der Waals surface area contributed by atoms with E-state index in [1.165, 1.54) is 7.11 Å². The number of hydrogen-bond donors (Lipinski definition) is 2. The quantitative estimate of drug-likeness (QED) is 0.855. The Morgan fingerprint density at radius 1 is 1.62 bits per heavy atom. The van der Waals surface area contributed by atoms with Crippen LogP contribution in [0.2, 0.25) is 0 Å². The minimum atomic E-state index is -0.680. The molecule has 0 heterocycles. The summed E-state index contributed by atoms with van der Waals surface area (Å²) in [5.74, 6) is -0.212. The van der Waals surface area contributed by atoms with Crippen LogP contribution in [0.4, 0.5) is 0 Å². The number of aliphatic hydroxyl groups is 1. The number of halogens is 1. The van der Waals surface area contributed by atoms with Crippen molar-refractivity contribution in [2.45, 2.75) is 6.10 Å². The molecule has 5 heteroatoms. The topological polar surface area (TPSA) is 58.6 Å². The van der Waals surface area contributed by atoms with Gasteiger partial charge in [-0.2, -0.15) is 0 Å². The first-order valence-corrected chi connectivity index (χ1v) is 5.63. The normalized spacial score (nSPS) is 12.2. The van der Waals surface area contributed by atoms with Crippen molar-refractivity contribution in [2.24, 2.45) is 0 Å². The zero-order chi connectivity index (χ0) is 12.0. The van der Waals surface area contributed by atoms with E-state index in [9.17, 15) is 9.90 Å². The maximum Gasteiger partial charge on any atom is 0.251 e. The first-order chi connectivity index (χ1) is 7.63. The minimum Gasteiger partial charge on any atom is -0.389 e. The SMILES string of the molecule is COCC(O)CNC(=O)c1cccc(Br)c1. The molecule has 0 fully saturated rings. The van der Waals surface area contributed by atoms with Crippen LogP contribution >= 0.6 is 15.9 Å². The highest BCUT2D eigenvalue weighted by atomic mass is 79.9. The molecule has 0 spiro atoms. The van der Waals surface area contributed by atoms with Crippen molar-refractivity contribution in [1.82, 2.24) is 5.32 Å². The highest BCUT2D eigenvalue weighted by Gasteiger charge is 2.08. The van der Waals surface area contributed by atoms with Gasteiger partial charge in [-0.05, 0) is 18.2 Å². The molecule has 0 aliphatic heterocycles. The van der Waals surface area contributed by atoms with Gasteiger partial charge in [0.1, 0.15) is 0 Å². The van der Waals surface area contributed by atoms with Gasteiger partial charge >= 0.3 is 0 Å². The fraction of sp³-hybridized carbons (Fsp3) is 0.364. The average Bonchev–Trinajstić information content (AvgIpc) is 2.26. The van der Waals surface area contributed by atoms with Crippen LogP contribution in [0.5, 0.6) is 0 Å². The fourth-order valence-corrected chi connectivity index (χ4v) is 1.59. The number of nitrogens with one attached hydrogen (secondary N) is 1. The monoisotopic (exact) mass is 287 g/mol. The summed E-state index contributed by atoms with van der Waals surface area (Å²) >= 11 is 3.29. The van der Waals surface area contributed by atoms with E-state index in [-0.39, 0.29) is 19.1 Å². The number of aliphatic hydroxyl groups excluding tert-OH is 1. The van der Waals surface area contributed by atoms with Crippen LogP contribution in [0.1, 0.15) is 10.4 Å². The van der Waals surface area contributed by atoms with Gasteiger partial charge in [0.2, 0.25) is 0 Å². The molecule has 2 N–H and O–H groups in total. The third-order valence-corrected chi connectivity index (χ3v) is 2.44. The van der Waals surface area contributed by atoms with E-state index in [4.69, 9.17) is 4.74 Å². The molecule has 4 nitrogen and oxygen atoms in total. The van der Waals surface area contributed by atoms with Crippen LogP contribution in [0.15, 0.2) is 28.7 Å². The van der Waals surface area contributed by atoms with E-state index >= 15 is 0 Å². The second kappa shape index (κ2) is 6.62. The Hall–Kier alpha value is -0.910. The molecular formula is C11H14BrNO3. The molecule has 1 unspecified atom stereocenters. The Balaban J connectivity index is 2.47. The van der Waals surface area contributed by atoms with E-state index in [0.29, 0.717) is 5.56 Å². The van der Waals surface area contributed by atoms with E-state index in [1.807, 2.05) is 6.07 Å². The number of ether oxygens (including phenoxy) is 1. The van der Waals surface area contributed by atoms with Gasteiger partial charge in [0, 0.05) is 23.7 Å². The molecule has 0 bridgehead atoms. The van der Waals surface area contributed by atoms with E-state index in [0.717, 1.165) is 4.47 Å². The molecule has 0 aliphatic carbocycles. The molecule has 1 aromatic rings. The summed E-state index contributed by atoms with van der Waals surface area (Å²) < 4.78 is 5.60. The molecule has 1 atom stereocenters. The number of carbonyl (C=O) groups excluding carboxylic acids is 1. The van der Waals surface area contributed by atoms with Gasteiger partial charge in [-0.15, -0.1) is 0 Å². The van der Waals surface area contributed by atoms with E-state index < -0.39 is 6.10 Å². The highest BCUT2D eigenvalue weighted by Crippen LogP contribution is 2.11. The van der Waals surface area contributed by atoms with Crippen LogP contribution in [0.3, 0.4) is 0 Å². The fourth-order valence-electron chi connectivity index (χ4n) is 1.19. The lowest BCUT2D eigenvalue weighted by molar-refractivity contribution is 0.0610. The van der Waals surface area contributed by atoms with Crippen LogP contribution in [-0.2, 0) is 4.74 Å². The Morgan fingerprint density at radius 3 is 3.00 bits per heavy atom. The predicted molar refractivity (Wildman–Crippen MR) is 64.4 cm³/mol. The van der Waals surface area contributed by atoms with E-state index in [1.54, 1.807) is 18.2 Å². The number of benzene rings is 1.